The van der Waals surface area contributed by atoms with E-state index in [9.17, 15) is 0 Å². The summed E-state index contributed by atoms with van der Waals surface area (Å²) in [4.78, 5) is 4.59. The van der Waals surface area contributed by atoms with Gasteiger partial charge < -0.3 is 10.1 Å². The number of para-hydroxylation sites is 1. The predicted octanol–water partition coefficient (Wildman–Crippen LogP) is 3.32. The number of amidine groups is 1. The second-order valence-corrected chi connectivity index (χ2v) is 6.07. The molecule has 0 spiro atoms. The molecule has 0 aromatic heterocycles. The molecule has 2 rings (SSSR count). The molecule has 1 heterocycles. The second kappa shape index (κ2) is 6.85. The van der Waals surface area contributed by atoms with Crippen molar-refractivity contribution in [1.29, 1.82) is 0 Å². The Morgan fingerprint density at radius 3 is 2.89 bits per heavy atom. The summed E-state index contributed by atoms with van der Waals surface area (Å²) < 4.78 is 5.63. The van der Waals surface area contributed by atoms with Crippen LogP contribution in [0.25, 0.3) is 0 Å². The van der Waals surface area contributed by atoms with Crippen molar-refractivity contribution in [3.63, 3.8) is 0 Å². The molecule has 1 atom stereocenters. The molecule has 1 fully saturated rings. The SMILES string of the molecule is CCC1(C)CCSC(=NCCOc2ccccc2)N1. The van der Waals surface area contributed by atoms with Gasteiger partial charge in [0, 0.05) is 11.3 Å². The molecule has 1 N–H and O–H groups in total. The highest BCUT2D eigenvalue weighted by molar-refractivity contribution is 8.13. The summed E-state index contributed by atoms with van der Waals surface area (Å²) in [6, 6.07) is 9.88. The summed E-state index contributed by atoms with van der Waals surface area (Å²) in [7, 11) is 0. The van der Waals surface area contributed by atoms with Crippen LogP contribution in [0.1, 0.15) is 26.7 Å². The first kappa shape index (κ1) is 14.3. The van der Waals surface area contributed by atoms with E-state index in [4.69, 9.17) is 4.74 Å². The average molecular weight is 278 g/mol. The molecule has 0 saturated carbocycles. The predicted molar refractivity (Wildman–Crippen MR) is 83.1 cm³/mol. The lowest BCUT2D eigenvalue weighted by atomic mass is 9.96. The normalized spacial score (nSPS) is 25.1. The van der Waals surface area contributed by atoms with Gasteiger partial charge in [-0.05, 0) is 31.9 Å². The highest BCUT2D eigenvalue weighted by atomic mass is 32.2. The minimum atomic E-state index is 0.213. The van der Waals surface area contributed by atoms with Gasteiger partial charge in [0.25, 0.3) is 0 Å². The molecule has 1 aliphatic rings. The average Bonchev–Trinajstić information content (AvgIpc) is 2.45. The monoisotopic (exact) mass is 278 g/mol. The number of nitrogens with one attached hydrogen (secondary N) is 1. The van der Waals surface area contributed by atoms with Crippen LogP contribution in [-0.2, 0) is 0 Å². The highest BCUT2D eigenvalue weighted by Crippen LogP contribution is 2.24. The van der Waals surface area contributed by atoms with E-state index >= 15 is 0 Å². The Morgan fingerprint density at radius 1 is 1.37 bits per heavy atom. The van der Waals surface area contributed by atoms with Gasteiger partial charge >= 0.3 is 0 Å². The Morgan fingerprint density at radius 2 is 2.16 bits per heavy atom. The molecule has 0 aliphatic carbocycles. The number of ether oxygens (including phenoxy) is 1. The van der Waals surface area contributed by atoms with Crippen molar-refractivity contribution >= 4 is 16.9 Å². The smallest absolute Gasteiger partial charge is 0.157 e. The first-order chi connectivity index (χ1) is 9.22. The van der Waals surface area contributed by atoms with Gasteiger partial charge in [0.1, 0.15) is 12.4 Å². The van der Waals surface area contributed by atoms with Crippen LogP contribution in [0.5, 0.6) is 5.75 Å². The summed E-state index contributed by atoms with van der Waals surface area (Å²) in [5.41, 5.74) is 0.213. The van der Waals surface area contributed by atoms with E-state index in [0.29, 0.717) is 13.2 Å². The molecule has 3 nitrogen and oxygen atoms in total. The number of hydrogen-bond acceptors (Lipinski definition) is 3. The lowest BCUT2D eigenvalue weighted by Gasteiger charge is -2.35. The number of aliphatic imine (C=N–C) groups is 1. The molecule has 19 heavy (non-hydrogen) atoms. The number of thioether (sulfide) groups is 1. The van der Waals surface area contributed by atoms with Crippen LogP contribution in [-0.4, -0.2) is 29.6 Å². The van der Waals surface area contributed by atoms with E-state index in [1.54, 1.807) is 0 Å². The van der Waals surface area contributed by atoms with Gasteiger partial charge in [0.05, 0.1) is 6.54 Å². The van der Waals surface area contributed by atoms with Crippen molar-refractivity contribution in [2.45, 2.75) is 32.2 Å². The molecular formula is C15H22N2OS. The number of nitrogens with zero attached hydrogens (tertiary/aromatic N) is 1. The van der Waals surface area contributed by atoms with Crippen molar-refractivity contribution in [3.05, 3.63) is 30.3 Å². The lowest BCUT2D eigenvalue weighted by molar-refractivity contribution is 0.328. The van der Waals surface area contributed by atoms with Gasteiger partial charge in [-0.15, -0.1) is 0 Å². The lowest BCUT2D eigenvalue weighted by Crippen LogP contribution is -2.48. The number of benzene rings is 1. The van der Waals surface area contributed by atoms with Crippen molar-refractivity contribution in [2.75, 3.05) is 18.9 Å². The maximum absolute atomic E-state index is 5.63. The fourth-order valence-corrected chi connectivity index (χ4v) is 3.15. The van der Waals surface area contributed by atoms with Gasteiger partial charge in [0.15, 0.2) is 5.17 Å². The Kier molecular flexibility index (Phi) is 5.14. The minimum absolute atomic E-state index is 0.213. The maximum Gasteiger partial charge on any atom is 0.157 e. The summed E-state index contributed by atoms with van der Waals surface area (Å²) in [6.45, 7) is 5.81. The molecule has 0 bridgehead atoms. The Hall–Kier alpha value is -1.16. The standard InChI is InChI=1S/C15H22N2OS/c1-3-15(2)9-12-19-14(17-15)16-10-11-18-13-7-5-4-6-8-13/h4-8H,3,9-12H2,1-2H3,(H,16,17). The Balaban J connectivity index is 1.76. The molecule has 0 radical (unpaired) electrons. The zero-order valence-electron chi connectivity index (χ0n) is 11.7. The van der Waals surface area contributed by atoms with E-state index in [-0.39, 0.29) is 5.54 Å². The third kappa shape index (κ3) is 4.46. The maximum atomic E-state index is 5.63. The molecule has 0 amide bonds. The van der Waals surface area contributed by atoms with Crippen LogP contribution in [0.2, 0.25) is 0 Å². The second-order valence-electron chi connectivity index (χ2n) is 4.99. The molecule has 1 unspecified atom stereocenters. The van der Waals surface area contributed by atoms with E-state index in [1.165, 1.54) is 6.42 Å². The third-order valence-electron chi connectivity index (χ3n) is 3.44. The molecule has 104 valence electrons. The summed E-state index contributed by atoms with van der Waals surface area (Å²) >= 11 is 1.81. The van der Waals surface area contributed by atoms with Gasteiger partial charge in [0.2, 0.25) is 0 Å². The van der Waals surface area contributed by atoms with E-state index in [0.717, 1.165) is 23.1 Å². The topological polar surface area (TPSA) is 33.6 Å². The van der Waals surface area contributed by atoms with E-state index < -0.39 is 0 Å². The van der Waals surface area contributed by atoms with Gasteiger partial charge in [-0.1, -0.05) is 36.9 Å². The quantitative estimate of drug-likeness (QED) is 0.839. The van der Waals surface area contributed by atoms with Crippen molar-refractivity contribution in [2.24, 2.45) is 4.99 Å². The molecular weight excluding hydrogens is 256 g/mol. The van der Waals surface area contributed by atoms with Crippen LogP contribution in [0.4, 0.5) is 0 Å². The van der Waals surface area contributed by atoms with Crippen LogP contribution in [0, 0.1) is 0 Å². The third-order valence-corrected chi connectivity index (χ3v) is 4.35. The molecule has 1 aromatic carbocycles. The molecule has 4 heteroatoms. The molecule has 1 saturated heterocycles. The summed E-state index contributed by atoms with van der Waals surface area (Å²) in [5.74, 6) is 2.06. The summed E-state index contributed by atoms with van der Waals surface area (Å²) in [5, 5.41) is 4.60. The largest absolute Gasteiger partial charge is 0.492 e. The van der Waals surface area contributed by atoms with Gasteiger partial charge in [-0.25, -0.2) is 0 Å². The molecule has 1 aromatic rings. The van der Waals surface area contributed by atoms with Crippen LogP contribution in [0.3, 0.4) is 0 Å². The van der Waals surface area contributed by atoms with E-state index in [2.05, 4.69) is 24.2 Å². The highest BCUT2D eigenvalue weighted by Gasteiger charge is 2.27. The minimum Gasteiger partial charge on any atom is -0.492 e. The van der Waals surface area contributed by atoms with Crippen LogP contribution < -0.4 is 10.1 Å². The fourth-order valence-electron chi connectivity index (χ4n) is 1.91. The Labute approximate surface area is 119 Å². The number of hydrogen-bond donors (Lipinski definition) is 1. The first-order valence-corrected chi connectivity index (χ1v) is 7.84. The van der Waals surface area contributed by atoms with Crippen molar-refractivity contribution < 1.29 is 4.74 Å². The Bertz CT molecular complexity index is 421. The number of rotatable bonds is 5. The van der Waals surface area contributed by atoms with Gasteiger partial charge in [-0.2, -0.15) is 0 Å². The fraction of sp³-hybridized carbons (Fsp3) is 0.533. The van der Waals surface area contributed by atoms with Crippen molar-refractivity contribution in [1.82, 2.24) is 5.32 Å². The zero-order chi connectivity index (χ0) is 13.6. The van der Waals surface area contributed by atoms with Crippen LogP contribution >= 0.6 is 11.8 Å². The summed E-state index contributed by atoms with van der Waals surface area (Å²) in [6.07, 6.45) is 2.33. The molecule has 1 aliphatic heterocycles. The van der Waals surface area contributed by atoms with E-state index in [1.807, 2.05) is 42.1 Å². The zero-order valence-corrected chi connectivity index (χ0v) is 12.5. The van der Waals surface area contributed by atoms with Crippen LogP contribution in [0.15, 0.2) is 35.3 Å². The van der Waals surface area contributed by atoms with Crippen molar-refractivity contribution in [3.8, 4) is 5.75 Å². The first-order valence-electron chi connectivity index (χ1n) is 6.85. The van der Waals surface area contributed by atoms with Gasteiger partial charge in [-0.3, -0.25) is 4.99 Å².